The Hall–Kier alpha value is -1.45. The van der Waals surface area contributed by atoms with Gasteiger partial charge < -0.3 is 0 Å². The number of rotatable bonds is 4. The van der Waals surface area contributed by atoms with Gasteiger partial charge in [-0.25, -0.2) is 4.98 Å². The number of thiazole rings is 1. The van der Waals surface area contributed by atoms with Crippen molar-refractivity contribution >= 4 is 27.3 Å². The molecule has 0 bridgehead atoms. The van der Waals surface area contributed by atoms with Crippen molar-refractivity contribution in [2.45, 2.75) is 19.8 Å². The largest absolute Gasteiger partial charge is 0.241 e. The highest BCUT2D eigenvalue weighted by Crippen LogP contribution is 2.32. The van der Waals surface area contributed by atoms with E-state index in [9.17, 15) is 0 Å². The van der Waals surface area contributed by atoms with Gasteiger partial charge in [0.15, 0.2) is 0 Å². The molecule has 3 aromatic rings. The van der Waals surface area contributed by atoms with E-state index >= 15 is 0 Å². The molecule has 2 aromatic carbocycles. The van der Waals surface area contributed by atoms with Crippen LogP contribution in [-0.2, 0) is 12.8 Å². The molecule has 21 heavy (non-hydrogen) atoms. The van der Waals surface area contributed by atoms with Gasteiger partial charge in [-0.15, -0.1) is 11.3 Å². The molecule has 1 heterocycles. The molecule has 0 fully saturated rings. The maximum atomic E-state index is 4.84. The standard InChI is InChI=1S/C18H16BrNS/c1-13-18(15-9-5-6-10-16(15)19)20-17(21-13)12-11-14-7-3-2-4-8-14/h2-10H,11-12H2,1H3. The van der Waals surface area contributed by atoms with Gasteiger partial charge >= 0.3 is 0 Å². The van der Waals surface area contributed by atoms with Gasteiger partial charge in [0.05, 0.1) is 10.7 Å². The lowest BCUT2D eigenvalue weighted by Crippen LogP contribution is -1.90. The molecule has 0 spiro atoms. The first kappa shape index (κ1) is 14.5. The molecule has 0 saturated heterocycles. The summed E-state index contributed by atoms with van der Waals surface area (Å²) < 4.78 is 1.10. The molecule has 106 valence electrons. The Morgan fingerprint density at radius 2 is 1.67 bits per heavy atom. The van der Waals surface area contributed by atoms with Gasteiger partial charge in [0.1, 0.15) is 0 Å². The van der Waals surface area contributed by atoms with Crippen LogP contribution < -0.4 is 0 Å². The maximum Gasteiger partial charge on any atom is 0.0938 e. The molecular weight excluding hydrogens is 342 g/mol. The summed E-state index contributed by atoms with van der Waals surface area (Å²) in [7, 11) is 0. The Morgan fingerprint density at radius 3 is 2.43 bits per heavy atom. The zero-order valence-corrected chi connectivity index (χ0v) is 14.2. The molecular formula is C18H16BrNS. The molecule has 0 radical (unpaired) electrons. The summed E-state index contributed by atoms with van der Waals surface area (Å²) in [6.45, 7) is 2.15. The molecule has 0 N–H and O–H groups in total. The molecule has 0 aliphatic rings. The number of halogens is 1. The summed E-state index contributed by atoms with van der Waals surface area (Å²) in [5.74, 6) is 0. The molecule has 1 aromatic heterocycles. The second-order valence-electron chi connectivity index (χ2n) is 4.98. The monoisotopic (exact) mass is 357 g/mol. The van der Waals surface area contributed by atoms with Crippen LogP contribution in [0.25, 0.3) is 11.3 Å². The maximum absolute atomic E-state index is 4.84. The topological polar surface area (TPSA) is 12.9 Å². The number of aryl methyl sites for hydroxylation is 3. The predicted octanol–water partition coefficient (Wildman–Crippen LogP) is 5.67. The highest BCUT2D eigenvalue weighted by atomic mass is 79.9. The van der Waals surface area contributed by atoms with Crippen LogP contribution in [0.2, 0.25) is 0 Å². The number of hydrogen-bond acceptors (Lipinski definition) is 2. The Kier molecular flexibility index (Phi) is 4.51. The zero-order chi connectivity index (χ0) is 14.7. The lowest BCUT2D eigenvalue weighted by Gasteiger charge is -2.01. The van der Waals surface area contributed by atoms with Gasteiger partial charge in [-0.3, -0.25) is 0 Å². The Balaban J connectivity index is 1.80. The number of aromatic nitrogens is 1. The quantitative estimate of drug-likeness (QED) is 0.586. The van der Waals surface area contributed by atoms with E-state index < -0.39 is 0 Å². The smallest absolute Gasteiger partial charge is 0.0938 e. The number of hydrogen-bond donors (Lipinski definition) is 0. The highest BCUT2D eigenvalue weighted by molar-refractivity contribution is 9.10. The van der Waals surface area contributed by atoms with Crippen molar-refractivity contribution in [1.29, 1.82) is 0 Å². The van der Waals surface area contributed by atoms with E-state index in [-0.39, 0.29) is 0 Å². The summed E-state index contributed by atoms with van der Waals surface area (Å²) in [5, 5.41) is 1.21. The van der Waals surface area contributed by atoms with E-state index in [1.807, 2.05) is 6.07 Å². The van der Waals surface area contributed by atoms with Crippen LogP contribution in [0.4, 0.5) is 0 Å². The SMILES string of the molecule is Cc1sc(CCc2ccccc2)nc1-c1ccccc1Br. The van der Waals surface area contributed by atoms with Crippen molar-refractivity contribution in [2.75, 3.05) is 0 Å². The van der Waals surface area contributed by atoms with Crippen LogP contribution in [0.1, 0.15) is 15.4 Å². The molecule has 1 nitrogen and oxygen atoms in total. The Labute approximate surface area is 137 Å². The molecule has 3 heteroatoms. The van der Waals surface area contributed by atoms with Gasteiger partial charge in [0.25, 0.3) is 0 Å². The number of benzene rings is 2. The van der Waals surface area contributed by atoms with E-state index in [4.69, 9.17) is 4.98 Å². The van der Waals surface area contributed by atoms with Crippen molar-refractivity contribution in [3.05, 3.63) is 74.5 Å². The van der Waals surface area contributed by atoms with Crippen molar-refractivity contribution in [2.24, 2.45) is 0 Å². The minimum Gasteiger partial charge on any atom is -0.241 e. The van der Waals surface area contributed by atoms with Crippen LogP contribution >= 0.6 is 27.3 Å². The summed E-state index contributed by atoms with van der Waals surface area (Å²) in [4.78, 5) is 6.13. The second-order valence-corrected chi connectivity index (χ2v) is 7.12. The summed E-state index contributed by atoms with van der Waals surface area (Å²) in [5.41, 5.74) is 3.65. The van der Waals surface area contributed by atoms with E-state index in [0.29, 0.717) is 0 Å². The third-order valence-corrected chi connectivity index (χ3v) is 5.16. The molecule has 0 unspecified atom stereocenters. The van der Waals surface area contributed by atoms with E-state index in [0.717, 1.165) is 23.0 Å². The molecule has 0 saturated carbocycles. The van der Waals surface area contributed by atoms with Crippen LogP contribution in [0.15, 0.2) is 59.1 Å². The normalized spacial score (nSPS) is 10.8. The number of nitrogens with zero attached hydrogens (tertiary/aromatic N) is 1. The van der Waals surface area contributed by atoms with Gasteiger partial charge in [0, 0.05) is 21.3 Å². The Morgan fingerprint density at radius 1 is 0.952 bits per heavy atom. The second kappa shape index (κ2) is 6.54. The highest BCUT2D eigenvalue weighted by Gasteiger charge is 2.12. The zero-order valence-electron chi connectivity index (χ0n) is 11.8. The molecule has 0 aliphatic carbocycles. The first-order valence-electron chi connectivity index (χ1n) is 6.99. The van der Waals surface area contributed by atoms with Crippen molar-refractivity contribution in [1.82, 2.24) is 4.98 Å². The van der Waals surface area contributed by atoms with Gasteiger partial charge in [-0.1, -0.05) is 64.5 Å². The van der Waals surface area contributed by atoms with Gasteiger partial charge in [-0.2, -0.15) is 0 Å². The average molecular weight is 358 g/mol. The van der Waals surface area contributed by atoms with Crippen LogP contribution in [0, 0.1) is 6.92 Å². The predicted molar refractivity (Wildman–Crippen MR) is 93.8 cm³/mol. The van der Waals surface area contributed by atoms with E-state index in [2.05, 4.69) is 71.4 Å². The van der Waals surface area contributed by atoms with Crippen LogP contribution in [-0.4, -0.2) is 4.98 Å². The van der Waals surface area contributed by atoms with Crippen molar-refractivity contribution in [3.63, 3.8) is 0 Å². The van der Waals surface area contributed by atoms with Crippen LogP contribution in [0.3, 0.4) is 0 Å². The van der Waals surface area contributed by atoms with E-state index in [1.54, 1.807) is 11.3 Å². The third-order valence-electron chi connectivity index (χ3n) is 3.44. The Bertz CT molecular complexity index is 734. The fourth-order valence-electron chi connectivity index (χ4n) is 2.36. The van der Waals surface area contributed by atoms with Gasteiger partial charge in [0.2, 0.25) is 0 Å². The van der Waals surface area contributed by atoms with Crippen LogP contribution in [0.5, 0.6) is 0 Å². The fourth-order valence-corrected chi connectivity index (χ4v) is 3.78. The van der Waals surface area contributed by atoms with Crippen molar-refractivity contribution < 1.29 is 0 Å². The molecule has 0 atom stereocenters. The summed E-state index contributed by atoms with van der Waals surface area (Å²) in [6, 6.07) is 18.9. The fraction of sp³-hybridized carbons (Fsp3) is 0.167. The molecule has 0 aliphatic heterocycles. The first-order chi connectivity index (χ1) is 10.2. The minimum absolute atomic E-state index is 1.000. The molecule has 0 amide bonds. The summed E-state index contributed by atoms with van der Waals surface area (Å²) in [6.07, 6.45) is 2.04. The van der Waals surface area contributed by atoms with Crippen molar-refractivity contribution in [3.8, 4) is 11.3 Å². The van der Waals surface area contributed by atoms with Gasteiger partial charge in [-0.05, 0) is 25.0 Å². The summed E-state index contributed by atoms with van der Waals surface area (Å²) >= 11 is 5.42. The lowest BCUT2D eigenvalue weighted by molar-refractivity contribution is 0.945. The molecule has 3 rings (SSSR count). The average Bonchev–Trinajstić information content (AvgIpc) is 2.88. The third kappa shape index (κ3) is 3.42. The first-order valence-corrected chi connectivity index (χ1v) is 8.60. The minimum atomic E-state index is 1.000. The lowest BCUT2D eigenvalue weighted by atomic mass is 10.1. The van der Waals surface area contributed by atoms with E-state index in [1.165, 1.54) is 21.0 Å².